The van der Waals surface area contributed by atoms with Crippen molar-refractivity contribution in [3.63, 3.8) is 0 Å². The first kappa shape index (κ1) is 14.6. The van der Waals surface area contributed by atoms with Crippen molar-refractivity contribution in [2.24, 2.45) is 0 Å². The van der Waals surface area contributed by atoms with Gasteiger partial charge in [-0.1, -0.05) is 12.1 Å². The fourth-order valence-electron chi connectivity index (χ4n) is 1.81. The summed E-state index contributed by atoms with van der Waals surface area (Å²) in [6.45, 7) is 0. The molecule has 0 bridgehead atoms. The van der Waals surface area contributed by atoms with Crippen LogP contribution in [0.15, 0.2) is 42.5 Å². The van der Waals surface area contributed by atoms with Crippen LogP contribution >= 0.6 is 0 Å². The Hall–Kier alpha value is -2.77. The zero-order valence-corrected chi connectivity index (χ0v) is 10.5. The van der Waals surface area contributed by atoms with E-state index in [1.165, 1.54) is 24.3 Å². The molecule has 2 aromatic rings. The molecule has 0 aliphatic rings. The van der Waals surface area contributed by atoms with Crippen LogP contribution in [0.4, 0.5) is 35.9 Å². The molecule has 0 aromatic heterocycles. The highest BCUT2D eigenvalue weighted by molar-refractivity contribution is 5.69. The molecule has 2 aromatic carbocycles. The van der Waals surface area contributed by atoms with E-state index >= 15 is 0 Å². The van der Waals surface area contributed by atoms with Gasteiger partial charge in [0.25, 0.3) is 5.69 Å². The monoisotopic (exact) mass is 297 g/mol. The SMILES string of the molecule is Nc1cc(Nc2ccccc2C(F)(F)F)cc([N+](=O)[O-])c1. The Morgan fingerprint density at radius 2 is 1.81 bits per heavy atom. The molecule has 0 aliphatic heterocycles. The Balaban J connectivity index is 2.42. The molecule has 21 heavy (non-hydrogen) atoms. The van der Waals surface area contributed by atoms with Crippen LogP contribution in [-0.4, -0.2) is 4.92 Å². The fraction of sp³-hybridized carbons (Fsp3) is 0.0769. The van der Waals surface area contributed by atoms with E-state index in [1.807, 2.05) is 0 Å². The van der Waals surface area contributed by atoms with Crippen LogP contribution in [0, 0.1) is 10.1 Å². The number of nitrogens with zero attached hydrogens (tertiary/aromatic N) is 1. The summed E-state index contributed by atoms with van der Waals surface area (Å²) < 4.78 is 38.6. The summed E-state index contributed by atoms with van der Waals surface area (Å²) in [5.74, 6) is 0. The van der Waals surface area contributed by atoms with Crippen molar-refractivity contribution in [2.75, 3.05) is 11.1 Å². The van der Waals surface area contributed by atoms with Crippen LogP contribution in [0.2, 0.25) is 0 Å². The zero-order chi connectivity index (χ0) is 15.6. The lowest BCUT2D eigenvalue weighted by Gasteiger charge is -2.14. The van der Waals surface area contributed by atoms with E-state index in [1.54, 1.807) is 0 Å². The molecule has 5 nitrogen and oxygen atoms in total. The van der Waals surface area contributed by atoms with Gasteiger partial charge in [-0.15, -0.1) is 0 Å². The van der Waals surface area contributed by atoms with Crippen molar-refractivity contribution in [1.29, 1.82) is 0 Å². The zero-order valence-electron chi connectivity index (χ0n) is 10.5. The van der Waals surface area contributed by atoms with E-state index < -0.39 is 16.7 Å². The van der Waals surface area contributed by atoms with Crippen LogP contribution in [0.5, 0.6) is 0 Å². The lowest BCUT2D eigenvalue weighted by Crippen LogP contribution is -2.08. The Labute approximate surface area is 117 Å². The average Bonchev–Trinajstić information content (AvgIpc) is 2.37. The number of nitrogens with one attached hydrogen (secondary N) is 1. The summed E-state index contributed by atoms with van der Waals surface area (Å²) in [6, 6.07) is 8.40. The number of nitro benzene ring substituents is 1. The third-order valence-electron chi connectivity index (χ3n) is 2.66. The quantitative estimate of drug-likeness (QED) is 0.511. The standard InChI is InChI=1S/C13H10F3N3O2/c14-13(15,16)11-3-1-2-4-12(11)18-9-5-8(17)6-10(7-9)19(20)21/h1-7,18H,17H2. The molecule has 0 spiro atoms. The van der Waals surface area contributed by atoms with Gasteiger partial charge < -0.3 is 11.1 Å². The van der Waals surface area contributed by atoms with Gasteiger partial charge in [0.05, 0.1) is 16.2 Å². The van der Waals surface area contributed by atoms with Gasteiger partial charge in [-0.2, -0.15) is 13.2 Å². The molecule has 0 amide bonds. The molecule has 0 saturated heterocycles. The molecular formula is C13H10F3N3O2. The Morgan fingerprint density at radius 3 is 2.43 bits per heavy atom. The smallest absolute Gasteiger partial charge is 0.398 e. The average molecular weight is 297 g/mol. The summed E-state index contributed by atoms with van der Waals surface area (Å²) in [5.41, 5.74) is 4.32. The molecule has 2 rings (SSSR count). The summed E-state index contributed by atoms with van der Waals surface area (Å²) in [7, 11) is 0. The molecule has 0 atom stereocenters. The Bertz CT molecular complexity index is 687. The topological polar surface area (TPSA) is 81.2 Å². The van der Waals surface area contributed by atoms with Crippen LogP contribution in [0.3, 0.4) is 0 Å². The number of nitro groups is 1. The number of rotatable bonds is 3. The highest BCUT2D eigenvalue weighted by Gasteiger charge is 2.33. The van der Waals surface area contributed by atoms with Crippen molar-refractivity contribution < 1.29 is 18.1 Å². The number of non-ortho nitro benzene ring substituents is 1. The number of nitrogens with two attached hydrogens (primary N) is 1. The highest BCUT2D eigenvalue weighted by atomic mass is 19.4. The van der Waals surface area contributed by atoms with Crippen molar-refractivity contribution in [1.82, 2.24) is 0 Å². The van der Waals surface area contributed by atoms with Crippen molar-refractivity contribution in [3.05, 3.63) is 58.1 Å². The predicted molar refractivity (Wildman–Crippen MR) is 72.2 cm³/mol. The molecular weight excluding hydrogens is 287 g/mol. The molecule has 0 unspecified atom stereocenters. The maximum absolute atomic E-state index is 12.9. The first-order valence-corrected chi connectivity index (χ1v) is 5.75. The van der Waals surface area contributed by atoms with E-state index in [-0.39, 0.29) is 22.7 Å². The normalized spacial score (nSPS) is 11.2. The molecule has 110 valence electrons. The van der Waals surface area contributed by atoms with Gasteiger partial charge in [-0.3, -0.25) is 10.1 Å². The van der Waals surface area contributed by atoms with Gasteiger partial charge in [-0.25, -0.2) is 0 Å². The minimum Gasteiger partial charge on any atom is -0.398 e. The molecule has 0 radical (unpaired) electrons. The van der Waals surface area contributed by atoms with E-state index in [9.17, 15) is 23.3 Å². The molecule has 8 heteroatoms. The maximum Gasteiger partial charge on any atom is 0.418 e. The van der Waals surface area contributed by atoms with E-state index in [0.29, 0.717) is 0 Å². The van der Waals surface area contributed by atoms with Gasteiger partial charge in [0.2, 0.25) is 0 Å². The summed E-state index contributed by atoms with van der Waals surface area (Å²) in [4.78, 5) is 10.1. The molecule has 0 fully saturated rings. The van der Waals surface area contributed by atoms with Crippen LogP contribution in [0.25, 0.3) is 0 Å². The maximum atomic E-state index is 12.9. The number of para-hydroxylation sites is 1. The lowest BCUT2D eigenvalue weighted by molar-refractivity contribution is -0.384. The molecule has 0 aliphatic carbocycles. The highest BCUT2D eigenvalue weighted by Crippen LogP contribution is 2.36. The minimum atomic E-state index is -4.53. The lowest BCUT2D eigenvalue weighted by atomic mass is 10.1. The number of alkyl halides is 3. The third kappa shape index (κ3) is 3.41. The van der Waals surface area contributed by atoms with Gasteiger partial charge >= 0.3 is 6.18 Å². The minimum absolute atomic E-state index is 0.0798. The van der Waals surface area contributed by atoms with Crippen LogP contribution in [0.1, 0.15) is 5.56 Å². The van der Waals surface area contributed by atoms with Gasteiger partial charge in [0.1, 0.15) is 0 Å². The fourth-order valence-corrected chi connectivity index (χ4v) is 1.81. The van der Waals surface area contributed by atoms with Gasteiger partial charge in [0.15, 0.2) is 0 Å². The number of halogens is 3. The molecule has 0 heterocycles. The second kappa shape index (κ2) is 5.31. The second-order valence-corrected chi connectivity index (χ2v) is 4.24. The Kier molecular flexibility index (Phi) is 3.70. The second-order valence-electron chi connectivity index (χ2n) is 4.24. The van der Waals surface area contributed by atoms with E-state index in [4.69, 9.17) is 5.73 Å². The van der Waals surface area contributed by atoms with Crippen LogP contribution in [-0.2, 0) is 6.18 Å². The van der Waals surface area contributed by atoms with Crippen LogP contribution < -0.4 is 11.1 Å². The Morgan fingerprint density at radius 1 is 1.14 bits per heavy atom. The number of nitrogen functional groups attached to an aromatic ring is 1. The number of anilines is 3. The third-order valence-corrected chi connectivity index (χ3v) is 2.66. The van der Waals surface area contributed by atoms with Gasteiger partial charge in [0, 0.05) is 23.5 Å². The van der Waals surface area contributed by atoms with Crippen molar-refractivity contribution in [2.45, 2.75) is 6.18 Å². The van der Waals surface area contributed by atoms with Crippen molar-refractivity contribution in [3.8, 4) is 0 Å². The van der Waals surface area contributed by atoms with E-state index in [2.05, 4.69) is 5.32 Å². The summed E-state index contributed by atoms with van der Waals surface area (Å²) >= 11 is 0. The first-order chi connectivity index (χ1) is 9.77. The molecule has 0 saturated carbocycles. The number of benzene rings is 2. The number of hydrogen-bond acceptors (Lipinski definition) is 4. The molecule has 3 N–H and O–H groups in total. The van der Waals surface area contributed by atoms with Crippen molar-refractivity contribution >= 4 is 22.7 Å². The summed E-state index contributed by atoms with van der Waals surface area (Å²) in [5, 5.41) is 13.2. The largest absolute Gasteiger partial charge is 0.418 e. The van der Waals surface area contributed by atoms with Gasteiger partial charge in [-0.05, 0) is 18.2 Å². The summed E-state index contributed by atoms with van der Waals surface area (Å²) in [6.07, 6.45) is -4.53. The number of hydrogen-bond donors (Lipinski definition) is 2. The first-order valence-electron chi connectivity index (χ1n) is 5.75. The van der Waals surface area contributed by atoms with E-state index in [0.717, 1.165) is 18.2 Å². The predicted octanol–water partition coefficient (Wildman–Crippen LogP) is 3.94.